The van der Waals surface area contributed by atoms with Crippen molar-refractivity contribution < 1.29 is 28.6 Å². The fraction of sp³-hybridized carbons (Fsp3) is 0.261. The van der Waals surface area contributed by atoms with Crippen LogP contribution in [0.15, 0.2) is 54.6 Å². The van der Waals surface area contributed by atoms with Gasteiger partial charge in [0.2, 0.25) is 0 Å². The molecule has 0 aliphatic heterocycles. The lowest BCUT2D eigenvalue weighted by molar-refractivity contribution is -0.153. The predicted molar refractivity (Wildman–Crippen MR) is 109 cm³/mol. The summed E-state index contributed by atoms with van der Waals surface area (Å²) in [7, 11) is 1.54. The van der Waals surface area contributed by atoms with E-state index in [9.17, 15) is 14.4 Å². The zero-order valence-electron chi connectivity index (χ0n) is 16.7. The summed E-state index contributed by atoms with van der Waals surface area (Å²) >= 11 is 0. The van der Waals surface area contributed by atoms with E-state index in [4.69, 9.17) is 14.2 Å². The quantitative estimate of drug-likeness (QED) is 0.347. The molecular weight excluding hydrogens is 372 g/mol. The van der Waals surface area contributed by atoms with E-state index in [0.717, 1.165) is 5.56 Å². The van der Waals surface area contributed by atoms with Crippen LogP contribution in [0, 0.1) is 5.92 Å². The molecule has 0 spiro atoms. The maximum atomic E-state index is 12.3. The summed E-state index contributed by atoms with van der Waals surface area (Å²) in [6.07, 6.45) is 2.72. The first-order valence-electron chi connectivity index (χ1n) is 9.20. The monoisotopic (exact) mass is 396 g/mol. The molecule has 0 amide bonds. The highest BCUT2D eigenvalue weighted by Crippen LogP contribution is 2.29. The minimum Gasteiger partial charge on any atom is -0.493 e. The largest absolute Gasteiger partial charge is 0.493 e. The summed E-state index contributed by atoms with van der Waals surface area (Å²) in [5, 5.41) is 0. The Hall–Kier alpha value is -3.41. The summed E-state index contributed by atoms with van der Waals surface area (Å²) in [5.41, 5.74) is 1.66. The summed E-state index contributed by atoms with van der Waals surface area (Å²) in [6.45, 7) is 3.26. The summed E-state index contributed by atoms with van der Waals surface area (Å²) in [6, 6.07) is 14.9. The number of ketones is 2. The summed E-state index contributed by atoms with van der Waals surface area (Å²) in [5.74, 6) is -2.40. The first-order chi connectivity index (χ1) is 14.0. The number of hydrogen-bond donors (Lipinski definition) is 0. The van der Waals surface area contributed by atoms with Gasteiger partial charge in [-0.15, -0.1) is 0 Å². The molecular formula is C23H24O6. The second kappa shape index (κ2) is 10.8. The van der Waals surface area contributed by atoms with Crippen LogP contribution in [0.25, 0.3) is 6.08 Å². The van der Waals surface area contributed by atoms with E-state index in [1.807, 2.05) is 30.3 Å². The van der Waals surface area contributed by atoms with E-state index in [1.165, 1.54) is 19.1 Å². The number of esters is 1. The number of carbonyl (C=O) groups is 3. The molecule has 0 N–H and O–H groups in total. The lowest BCUT2D eigenvalue weighted by Gasteiger charge is -2.12. The second-order valence-corrected chi connectivity index (χ2v) is 6.22. The molecule has 0 fully saturated rings. The average Bonchev–Trinajstić information content (AvgIpc) is 2.71. The van der Waals surface area contributed by atoms with Crippen molar-refractivity contribution in [2.75, 3.05) is 13.7 Å². The van der Waals surface area contributed by atoms with Crippen molar-refractivity contribution in [3.63, 3.8) is 0 Å². The zero-order chi connectivity index (χ0) is 21.2. The third-order valence-electron chi connectivity index (χ3n) is 4.08. The van der Waals surface area contributed by atoms with Crippen molar-refractivity contribution in [3.05, 3.63) is 65.7 Å². The van der Waals surface area contributed by atoms with E-state index >= 15 is 0 Å². The van der Waals surface area contributed by atoms with Crippen molar-refractivity contribution in [2.24, 2.45) is 5.92 Å². The molecule has 6 heteroatoms. The first-order valence-corrected chi connectivity index (χ1v) is 9.20. The van der Waals surface area contributed by atoms with Gasteiger partial charge >= 0.3 is 5.97 Å². The van der Waals surface area contributed by atoms with Crippen LogP contribution < -0.4 is 9.47 Å². The van der Waals surface area contributed by atoms with E-state index in [-0.39, 0.29) is 6.61 Å². The molecule has 152 valence electrons. The SMILES string of the molecule is CCOC(=O)[C@H](C(C)=O)C(=O)/C=C/c1ccc(OC)c(OCc2ccccc2)c1. The molecule has 2 rings (SSSR count). The van der Waals surface area contributed by atoms with Crippen molar-refractivity contribution >= 4 is 23.6 Å². The molecule has 2 aromatic rings. The Morgan fingerprint density at radius 3 is 2.38 bits per heavy atom. The Morgan fingerprint density at radius 1 is 1.03 bits per heavy atom. The van der Waals surface area contributed by atoms with Crippen molar-refractivity contribution in [1.29, 1.82) is 0 Å². The maximum absolute atomic E-state index is 12.3. The van der Waals surface area contributed by atoms with Crippen LogP contribution in [0.5, 0.6) is 11.5 Å². The number of rotatable bonds is 10. The van der Waals surface area contributed by atoms with Gasteiger partial charge in [0.25, 0.3) is 0 Å². The van der Waals surface area contributed by atoms with Gasteiger partial charge in [-0.3, -0.25) is 14.4 Å². The van der Waals surface area contributed by atoms with Crippen LogP contribution in [0.3, 0.4) is 0 Å². The Morgan fingerprint density at radius 2 is 1.76 bits per heavy atom. The van der Waals surface area contributed by atoms with Crippen LogP contribution in [0.1, 0.15) is 25.0 Å². The Balaban J connectivity index is 2.16. The molecule has 2 aromatic carbocycles. The van der Waals surface area contributed by atoms with Gasteiger partial charge in [0.1, 0.15) is 6.61 Å². The molecule has 0 heterocycles. The lowest BCUT2D eigenvalue weighted by Crippen LogP contribution is -2.30. The van der Waals surface area contributed by atoms with Gasteiger partial charge in [-0.2, -0.15) is 0 Å². The van der Waals surface area contributed by atoms with Crippen molar-refractivity contribution in [1.82, 2.24) is 0 Å². The highest BCUT2D eigenvalue weighted by Gasteiger charge is 2.30. The molecule has 1 atom stereocenters. The molecule has 0 unspecified atom stereocenters. The summed E-state index contributed by atoms with van der Waals surface area (Å²) in [4.78, 5) is 35.9. The number of methoxy groups -OCH3 is 1. The zero-order valence-corrected chi connectivity index (χ0v) is 16.7. The van der Waals surface area contributed by atoms with Gasteiger partial charge in [-0.25, -0.2) is 0 Å². The fourth-order valence-corrected chi connectivity index (χ4v) is 2.63. The molecule has 0 aromatic heterocycles. The number of hydrogen-bond acceptors (Lipinski definition) is 6. The Bertz CT molecular complexity index is 885. The lowest BCUT2D eigenvalue weighted by atomic mass is 9.99. The minimum absolute atomic E-state index is 0.0974. The predicted octanol–water partition coefficient (Wildman–Crippen LogP) is 3.62. The summed E-state index contributed by atoms with van der Waals surface area (Å²) < 4.78 is 16.0. The molecule has 0 aliphatic rings. The van der Waals surface area contributed by atoms with Gasteiger partial charge in [-0.1, -0.05) is 42.5 Å². The van der Waals surface area contributed by atoms with Crippen molar-refractivity contribution in [3.8, 4) is 11.5 Å². The normalized spacial score (nSPS) is 11.7. The minimum atomic E-state index is -1.45. The number of allylic oxidation sites excluding steroid dienone is 1. The van der Waals surface area contributed by atoms with Crippen LogP contribution in [-0.4, -0.2) is 31.3 Å². The highest BCUT2D eigenvalue weighted by molar-refractivity contribution is 6.20. The van der Waals surface area contributed by atoms with Crippen LogP contribution in [0.2, 0.25) is 0 Å². The molecule has 0 bridgehead atoms. The topological polar surface area (TPSA) is 78.9 Å². The number of Topliss-reactive ketones (excluding diaryl/α,β-unsaturated/α-hetero) is 1. The first kappa shape index (κ1) is 21.9. The number of benzene rings is 2. The third kappa shape index (κ3) is 6.31. The molecule has 0 saturated heterocycles. The molecule has 29 heavy (non-hydrogen) atoms. The van der Waals surface area contributed by atoms with Gasteiger partial charge < -0.3 is 14.2 Å². The van der Waals surface area contributed by atoms with Gasteiger partial charge in [0, 0.05) is 0 Å². The maximum Gasteiger partial charge on any atom is 0.324 e. The number of carbonyl (C=O) groups excluding carboxylic acids is 3. The molecule has 6 nitrogen and oxygen atoms in total. The van der Waals surface area contributed by atoms with Gasteiger partial charge in [-0.05, 0) is 43.2 Å². The second-order valence-electron chi connectivity index (χ2n) is 6.22. The smallest absolute Gasteiger partial charge is 0.324 e. The van der Waals surface area contributed by atoms with E-state index in [2.05, 4.69) is 0 Å². The van der Waals surface area contributed by atoms with Crippen LogP contribution in [0.4, 0.5) is 0 Å². The van der Waals surface area contributed by atoms with E-state index < -0.39 is 23.5 Å². The van der Waals surface area contributed by atoms with Gasteiger partial charge in [0.15, 0.2) is 29.0 Å². The standard InChI is InChI=1S/C23H24O6/c1-4-28-23(26)22(16(2)24)19(25)12-10-17-11-13-20(27-3)21(14-17)29-15-18-8-6-5-7-9-18/h5-14,22H,4,15H2,1-3H3/b12-10+/t22-/m1/s1. The molecule has 0 aliphatic carbocycles. The van der Waals surface area contributed by atoms with Crippen LogP contribution in [-0.2, 0) is 25.7 Å². The van der Waals surface area contributed by atoms with Gasteiger partial charge in [0.05, 0.1) is 13.7 Å². The fourth-order valence-electron chi connectivity index (χ4n) is 2.63. The molecule has 0 radical (unpaired) electrons. The average molecular weight is 396 g/mol. The Kier molecular flexibility index (Phi) is 8.15. The Labute approximate surface area is 170 Å². The van der Waals surface area contributed by atoms with Crippen LogP contribution >= 0.6 is 0 Å². The van der Waals surface area contributed by atoms with E-state index in [0.29, 0.717) is 23.7 Å². The van der Waals surface area contributed by atoms with E-state index in [1.54, 1.807) is 32.2 Å². The highest BCUT2D eigenvalue weighted by atomic mass is 16.5. The third-order valence-corrected chi connectivity index (χ3v) is 4.08. The number of ether oxygens (including phenoxy) is 3. The van der Waals surface area contributed by atoms with Crippen molar-refractivity contribution in [2.45, 2.75) is 20.5 Å². The molecule has 0 saturated carbocycles.